The predicted octanol–water partition coefficient (Wildman–Crippen LogP) is 3.29. The summed E-state index contributed by atoms with van der Waals surface area (Å²) in [6.45, 7) is 3.85. The second-order valence-electron chi connectivity index (χ2n) is 2.69. The minimum atomic E-state index is -0.382. The van der Waals surface area contributed by atoms with E-state index in [1.165, 1.54) is 0 Å². The van der Waals surface area contributed by atoms with Gasteiger partial charge in [-0.05, 0) is 71.3 Å². The maximum atomic E-state index is 10.9. The molecule has 0 saturated heterocycles. The highest BCUT2D eigenvalue weighted by molar-refractivity contribution is 14.1. The van der Waals surface area contributed by atoms with Gasteiger partial charge in [0.25, 0.3) is 5.24 Å². The molecule has 1 aromatic rings. The molecule has 1 nitrogen and oxygen atoms in total. The van der Waals surface area contributed by atoms with Gasteiger partial charge in [0.05, 0.1) is 0 Å². The number of rotatable bonds is 1. The molecule has 0 aromatic heterocycles. The number of benzene rings is 1. The standard InChI is InChI=1S/C9H8ClIO/c1-5-4-8(11)6(2)3-7(5)9(10)12/h3-4H,1-2H3. The van der Waals surface area contributed by atoms with Crippen molar-refractivity contribution in [2.45, 2.75) is 13.8 Å². The Morgan fingerprint density at radius 3 is 2.42 bits per heavy atom. The van der Waals surface area contributed by atoms with Gasteiger partial charge in [-0.2, -0.15) is 0 Å². The summed E-state index contributed by atoms with van der Waals surface area (Å²) in [5.74, 6) is 0. The molecule has 0 fully saturated rings. The smallest absolute Gasteiger partial charge is 0.252 e. The van der Waals surface area contributed by atoms with Crippen molar-refractivity contribution in [1.29, 1.82) is 0 Å². The normalized spacial score (nSPS) is 10.0. The van der Waals surface area contributed by atoms with Gasteiger partial charge < -0.3 is 0 Å². The molecule has 0 aliphatic rings. The number of hydrogen-bond acceptors (Lipinski definition) is 1. The minimum Gasteiger partial charge on any atom is -0.276 e. The summed E-state index contributed by atoms with van der Waals surface area (Å²) in [6, 6.07) is 3.79. The van der Waals surface area contributed by atoms with E-state index < -0.39 is 0 Å². The summed E-state index contributed by atoms with van der Waals surface area (Å²) >= 11 is 7.63. The fourth-order valence-corrected chi connectivity index (χ4v) is 1.82. The molecule has 0 saturated carbocycles. The molecule has 0 atom stereocenters. The lowest BCUT2D eigenvalue weighted by molar-refractivity contribution is 0.108. The summed E-state index contributed by atoms with van der Waals surface area (Å²) in [6.07, 6.45) is 0. The Bertz CT molecular complexity index is 334. The first-order chi connectivity index (χ1) is 5.52. The average molecular weight is 295 g/mol. The Labute approximate surface area is 90.3 Å². The second-order valence-corrected chi connectivity index (χ2v) is 4.20. The van der Waals surface area contributed by atoms with E-state index in [1.54, 1.807) is 0 Å². The number of halogens is 2. The van der Waals surface area contributed by atoms with Crippen molar-refractivity contribution < 1.29 is 4.79 Å². The van der Waals surface area contributed by atoms with Gasteiger partial charge >= 0.3 is 0 Å². The van der Waals surface area contributed by atoms with E-state index >= 15 is 0 Å². The van der Waals surface area contributed by atoms with Crippen molar-refractivity contribution in [2.75, 3.05) is 0 Å². The molecule has 0 amide bonds. The quantitative estimate of drug-likeness (QED) is 0.574. The van der Waals surface area contributed by atoms with E-state index in [9.17, 15) is 4.79 Å². The molecule has 0 unspecified atom stereocenters. The fourth-order valence-electron chi connectivity index (χ4n) is 0.993. The lowest BCUT2D eigenvalue weighted by Crippen LogP contribution is -1.95. The van der Waals surface area contributed by atoms with E-state index in [2.05, 4.69) is 22.6 Å². The lowest BCUT2D eigenvalue weighted by Gasteiger charge is -2.03. The molecule has 1 rings (SSSR count). The number of hydrogen-bond donors (Lipinski definition) is 0. The van der Waals surface area contributed by atoms with Crippen LogP contribution in [-0.2, 0) is 0 Å². The third-order valence-corrected chi connectivity index (χ3v) is 3.08. The van der Waals surface area contributed by atoms with Gasteiger partial charge in [0, 0.05) is 9.13 Å². The molecule has 64 valence electrons. The molecule has 1 aromatic carbocycles. The van der Waals surface area contributed by atoms with E-state index in [0.717, 1.165) is 14.7 Å². The van der Waals surface area contributed by atoms with Crippen LogP contribution in [0.4, 0.5) is 0 Å². The number of carbonyl (C=O) groups excluding carboxylic acids is 1. The number of carbonyl (C=O) groups is 1. The van der Waals surface area contributed by atoms with Crippen LogP contribution in [0.5, 0.6) is 0 Å². The highest BCUT2D eigenvalue weighted by Gasteiger charge is 2.07. The molecular formula is C9H8ClIO. The largest absolute Gasteiger partial charge is 0.276 e. The van der Waals surface area contributed by atoms with Crippen molar-refractivity contribution in [3.8, 4) is 0 Å². The summed E-state index contributed by atoms with van der Waals surface area (Å²) in [5.41, 5.74) is 2.63. The van der Waals surface area contributed by atoms with Gasteiger partial charge in [-0.25, -0.2) is 0 Å². The van der Waals surface area contributed by atoms with E-state index in [4.69, 9.17) is 11.6 Å². The molecule has 0 heterocycles. The Morgan fingerprint density at radius 2 is 1.92 bits per heavy atom. The fraction of sp³-hybridized carbons (Fsp3) is 0.222. The van der Waals surface area contributed by atoms with Gasteiger partial charge in [0.1, 0.15) is 0 Å². The zero-order chi connectivity index (χ0) is 9.30. The maximum absolute atomic E-state index is 10.9. The molecule has 0 bridgehead atoms. The SMILES string of the molecule is Cc1cc(C(=O)Cl)c(C)cc1I. The summed E-state index contributed by atoms with van der Waals surface area (Å²) in [5, 5.41) is -0.382. The van der Waals surface area contributed by atoms with Gasteiger partial charge in [0.15, 0.2) is 0 Å². The van der Waals surface area contributed by atoms with Crippen LogP contribution in [0.1, 0.15) is 21.5 Å². The minimum absolute atomic E-state index is 0.382. The van der Waals surface area contributed by atoms with Gasteiger partial charge in [-0.1, -0.05) is 0 Å². The Morgan fingerprint density at radius 1 is 1.33 bits per heavy atom. The zero-order valence-electron chi connectivity index (χ0n) is 6.82. The van der Waals surface area contributed by atoms with Crippen LogP contribution in [0.2, 0.25) is 0 Å². The van der Waals surface area contributed by atoms with Crippen molar-refractivity contribution in [1.82, 2.24) is 0 Å². The third-order valence-electron chi connectivity index (χ3n) is 1.72. The van der Waals surface area contributed by atoms with Gasteiger partial charge in [-0.3, -0.25) is 4.79 Å². The van der Waals surface area contributed by atoms with Crippen LogP contribution in [-0.4, -0.2) is 5.24 Å². The van der Waals surface area contributed by atoms with Crippen molar-refractivity contribution in [2.24, 2.45) is 0 Å². The van der Waals surface area contributed by atoms with Crippen LogP contribution < -0.4 is 0 Å². The van der Waals surface area contributed by atoms with Crippen LogP contribution in [0.3, 0.4) is 0 Å². The van der Waals surface area contributed by atoms with Crippen LogP contribution in [0.15, 0.2) is 12.1 Å². The first kappa shape index (κ1) is 9.99. The topological polar surface area (TPSA) is 17.1 Å². The molecule has 0 aliphatic carbocycles. The molecular weight excluding hydrogens is 286 g/mol. The van der Waals surface area contributed by atoms with Gasteiger partial charge in [0.2, 0.25) is 0 Å². The van der Waals surface area contributed by atoms with Crippen molar-refractivity contribution in [3.05, 3.63) is 32.4 Å². The first-order valence-corrected chi connectivity index (χ1v) is 4.94. The van der Waals surface area contributed by atoms with Crippen LogP contribution in [0, 0.1) is 17.4 Å². The van der Waals surface area contributed by atoms with Crippen molar-refractivity contribution in [3.63, 3.8) is 0 Å². The van der Waals surface area contributed by atoms with Crippen LogP contribution >= 0.6 is 34.2 Å². The average Bonchev–Trinajstić information content (AvgIpc) is 1.96. The first-order valence-electron chi connectivity index (χ1n) is 3.49. The lowest BCUT2D eigenvalue weighted by atomic mass is 10.1. The van der Waals surface area contributed by atoms with Crippen LogP contribution in [0.25, 0.3) is 0 Å². The molecule has 0 radical (unpaired) electrons. The zero-order valence-corrected chi connectivity index (χ0v) is 9.73. The van der Waals surface area contributed by atoms with E-state index in [1.807, 2.05) is 26.0 Å². The Kier molecular flexibility index (Phi) is 3.12. The monoisotopic (exact) mass is 294 g/mol. The highest BCUT2D eigenvalue weighted by atomic mass is 127. The van der Waals surface area contributed by atoms with Gasteiger partial charge in [-0.15, -0.1) is 0 Å². The van der Waals surface area contributed by atoms with E-state index in [-0.39, 0.29) is 5.24 Å². The van der Waals surface area contributed by atoms with E-state index in [0.29, 0.717) is 5.56 Å². The molecule has 0 N–H and O–H groups in total. The van der Waals surface area contributed by atoms with Crippen molar-refractivity contribution >= 4 is 39.4 Å². The molecule has 0 spiro atoms. The highest BCUT2D eigenvalue weighted by Crippen LogP contribution is 2.18. The Balaban J connectivity index is 3.33. The predicted molar refractivity (Wildman–Crippen MR) is 58.8 cm³/mol. The molecule has 12 heavy (non-hydrogen) atoms. The second kappa shape index (κ2) is 3.75. The summed E-state index contributed by atoms with van der Waals surface area (Å²) in [4.78, 5) is 10.9. The molecule has 3 heteroatoms. The number of aryl methyl sites for hydroxylation is 2. The summed E-state index contributed by atoms with van der Waals surface area (Å²) in [7, 11) is 0. The summed E-state index contributed by atoms with van der Waals surface area (Å²) < 4.78 is 1.16. The molecule has 0 aliphatic heterocycles. The maximum Gasteiger partial charge on any atom is 0.252 e. The Hall–Kier alpha value is -0.0900. The third kappa shape index (κ3) is 1.98.